The van der Waals surface area contributed by atoms with Crippen molar-refractivity contribution in [1.29, 1.82) is 0 Å². The highest BCUT2D eigenvalue weighted by molar-refractivity contribution is 6.37. The molecule has 0 spiro atoms. The molecular weight excluding hydrogens is 271 g/mol. The molecule has 0 bridgehead atoms. The van der Waals surface area contributed by atoms with Gasteiger partial charge in [-0.15, -0.1) is 0 Å². The molecule has 1 heterocycles. The number of hydrogen-bond donors (Lipinski definition) is 1. The fourth-order valence-electron chi connectivity index (χ4n) is 1.70. The number of halogens is 2. The molecule has 18 heavy (non-hydrogen) atoms. The molecule has 0 atom stereocenters. The Morgan fingerprint density at radius 1 is 1.17 bits per heavy atom. The van der Waals surface area contributed by atoms with Crippen molar-refractivity contribution in [2.45, 2.75) is 6.92 Å². The van der Waals surface area contributed by atoms with E-state index in [2.05, 4.69) is 4.98 Å². The molecule has 0 unspecified atom stereocenters. The summed E-state index contributed by atoms with van der Waals surface area (Å²) in [6, 6.07) is 7.27. The summed E-state index contributed by atoms with van der Waals surface area (Å²) in [5.41, 5.74) is 8.24. The molecule has 5 heteroatoms. The van der Waals surface area contributed by atoms with E-state index in [0.29, 0.717) is 15.7 Å². The van der Waals surface area contributed by atoms with Crippen molar-refractivity contribution in [3.63, 3.8) is 0 Å². The number of ether oxygens (including phenoxy) is 1. The standard InChI is InChI=1S/C13H12Cl2N2O/c1-7-5-8(18-2)3-4-9(7)12-10(14)6-11(15)13(16)17-12/h3-6H,1-2H3,(H2,16,17). The molecule has 0 fully saturated rings. The molecule has 0 aliphatic carbocycles. The molecule has 0 radical (unpaired) electrons. The van der Waals surface area contributed by atoms with Crippen LogP contribution in [0.1, 0.15) is 5.56 Å². The van der Waals surface area contributed by atoms with Gasteiger partial charge in [0.05, 0.1) is 22.8 Å². The van der Waals surface area contributed by atoms with Crippen LogP contribution < -0.4 is 10.5 Å². The molecule has 1 aromatic carbocycles. The van der Waals surface area contributed by atoms with Crippen LogP contribution in [-0.4, -0.2) is 12.1 Å². The molecular formula is C13H12Cl2N2O. The SMILES string of the molecule is COc1ccc(-c2nc(N)c(Cl)cc2Cl)c(C)c1. The number of aryl methyl sites for hydroxylation is 1. The smallest absolute Gasteiger partial charge is 0.143 e. The van der Waals surface area contributed by atoms with Gasteiger partial charge in [-0.25, -0.2) is 4.98 Å². The van der Waals surface area contributed by atoms with E-state index in [9.17, 15) is 0 Å². The van der Waals surface area contributed by atoms with Crippen molar-refractivity contribution in [2.75, 3.05) is 12.8 Å². The number of rotatable bonds is 2. The normalized spacial score (nSPS) is 10.4. The molecule has 2 N–H and O–H groups in total. The quantitative estimate of drug-likeness (QED) is 0.907. The van der Waals surface area contributed by atoms with Gasteiger partial charge in [-0.2, -0.15) is 0 Å². The van der Waals surface area contributed by atoms with Gasteiger partial charge in [0.25, 0.3) is 0 Å². The number of nitrogens with two attached hydrogens (primary N) is 1. The van der Waals surface area contributed by atoms with Gasteiger partial charge in [-0.1, -0.05) is 23.2 Å². The zero-order valence-electron chi connectivity index (χ0n) is 10.00. The summed E-state index contributed by atoms with van der Waals surface area (Å²) in [5, 5.41) is 0.831. The van der Waals surface area contributed by atoms with E-state index in [1.165, 1.54) is 0 Å². The topological polar surface area (TPSA) is 48.1 Å². The number of benzene rings is 1. The number of methoxy groups -OCH3 is 1. The maximum atomic E-state index is 6.15. The first-order valence-corrected chi connectivity index (χ1v) is 6.05. The molecule has 0 aliphatic rings. The summed E-state index contributed by atoms with van der Waals surface area (Å²) in [5.74, 6) is 1.06. The second-order valence-corrected chi connectivity index (χ2v) is 4.68. The Morgan fingerprint density at radius 2 is 1.89 bits per heavy atom. The summed E-state index contributed by atoms with van der Waals surface area (Å²) in [7, 11) is 1.62. The Kier molecular flexibility index (Phi) is 3.64. The third-order valence-corrected chi connectivity index (χ3v) is 3.24. The van der Waals surface area contributed by atoms with Crippen LogP contribution in [0.5, 0.6) is 5.75 Å². The molecule has 0 saturated carbocycles. The van der Waals surface area contributed by atoms with Gasteiger partial charge in [0.15, 0.2) is 0 Å². The fourth-order valence-corrected chi connectivity index (χ4v) is 2.16. The average Bonchev–Trinajstić information content (AvgIpc) is 2.34. The predicted molar refractivity (Wildman–Crippen MR) is 75.4 cm³/mol. The van der Waals surface area contributed by atoms with Crippen molar-refractivity contribution in [2.24, 2.45) is 0 Å². The van der Waals surface area contributed by atoms with Crippen LogP contribution in [0, 0.1) is 6.92 Å². The van der Waals surface area contributed by atoms with Gasteiger partial charge in [-0.05, 0) is 36.8 Å². The largest absolute Gasteiger partial charge is 0.497 e. The Balaban J connectivity index is 2.58. The molecule has 0 amide bonds. The van der Waals surface area contributed by atoms with Gasteiger partial charge in [0.2, 0.25) is 0 Å². The third kappa shape index (κ3) is 2.37. The van der Waals surface area contributed by atoms with Crippen LogP contribution >= 0.6 is 23.2 Å². The average molecular weight is 283 g/mol. The summed E-state index contributed by atoms with van der Waals surface area (Å²) >= 11 is 12.0. The first-order chi connectivity index (χ1) is 8.52. The maximum absolute atomic E-state index is 6.15. The Labute approximate surface area is 115 Å². The molecule has 2 rings (SSSR count). The van der Waals surface area contributed by atoms with Crippen LogP contribution in [-0.2, 0) is 0 Å². The molecule has 1 aromatic heterocycles. The minimum Gasteiger partial charge on any atom is -0.497 e. The van der Waals surface area contributed by atoms with Crippen LogP contribution in [0.15, 0.2) is 24.3 Å². The lowest BCUT2D eigenvalue weighted by atomic mass is 10.0. The first-order valence-electron chi connectivity index (χ1n) is 5.29. The van der Waals surface area contributed by atoms with Gasteiger partial charge >= 0.3 is 0 Å². The van der Waals surface area contributed by atoms with Crippen molar-refractivity contribution >= 4 is 29.0 Å². The highest BCUT2D eigenvalue weighted by Gasteiger charge is 2.12. The number of nitrogens with zero attached hydrogens (tertiary/aromatic N) is 1. The summed E-state index contributed by atoms with van der Waals surface area (Å²) in [6.07, 6.45) is 0. The molecule has 0 aliphatic heterocycles. The van der Waals surface area contributed by atoms with E-state index in [4.69, 9.17) is 33.7 Å². The van der Waals surface area contributed by atoms with Crippen LogP contribution in [0.4, 0.5) is 5.82 Å². The Morgan fingerprint density at radius 3 is 2.50 bits per heavy atom. The summed E-state index contributed by atoms with van der Waals surface area (Å²) < 4.78 is 5.16. The molecule has 0 saturated heterocycles. The molecule has 3 nitrogen and oxygen atoms in total. The van der Waals surface area contributed by atoms with Gasteiger partial charge in [-0.3, -0.25) is 0 Å². The monoisotopic (exact) mass is 282 g/mol. The third-order valence-electron chi connectivity index (χ3n) is 2.65. The maximum Gasteiger partial charge on any atom is 0.143 e. The highest BCUT2D eigenvalue weighted by Crippen LogP contribution is 2.34. The number of nitrogen functional groups attached to an aromatic ring is 1. The minimum atomic E-state index is 0.270. The van der Waals surface area contributed by atoms with Crippen molar-refractivity contribution in [1.82, 2.24) is 4.98 Å². The van der Waals surface area contributed by atoms with E-state index < -0.39 is 0 Å². The van der Waals surface area contributed by atoms with E-state index in [1.54, 1.807) is 13.2 Å². The zero-order valence-corrected chi connectivity index (χ0v) is 11.5. The van der Waals surface area contributed by atoms with Gasteiger partial charge in [0, 0.05) is 5.56 Å². The lowest BCUT2D eigenvalue weighted by molar-refractivity contribution is 0.414. The zero-order chi connectivity index (χ0) is 13.3. The number of hydrogen-bond acceptors (Lipinski definition) is 3. The number of pyridine rings is 1. The van der Waals surface area contributed by atoms with Gasteiger partial charge < -0.3 is 10.5 Å². The fraction of sp³-hybridized carbons (Fsp3) is 0.154. The second kappa shape index (κ2) is 5.04. The highest BCUT2D eigenvalue weighted by atomic mass is 35.5. The van der Waals surface area contributed by atoms with Gasteiger partial charge in [0.1, 0.15) is 11.6 Å². The van der Waals surface area contributed by atoms with E-state index in [-0.39, 0.29) is 5.82 Å². The van der Waals surface area contributed by atoms with E-state index in [1.807, 2.05) is 25.1 Å². The lowest BCUT2D eigenvalue weighted by Crippen LogP contribution is -1.96. The first kappa shape index (κ1) is 13.0. The van der Waals surface area contributed by atoms with Crippen molar-refractivity contribution in [3.05, 3.63) is 39.9 Å². The molecule has 94 valence electrons. The lowest BCUT2D eigenvalue weighted by Gasteiger charge is -2.10. The predicted octanol–water partition coefficient (Wildman–Crippen LogP) is 3.95. The van der Waals surface area contributed by atoms with Crippen LogP contribution in [0.25, 0.3) is 11.3 Å². The summed E-state index contributed by atoms with van der Waals surface area (Å²) in [6.45, 7) is 1.96. The second-order valence-electron chi connectivity index (χ2n) is 3.87. The number of anilines is 1. The Bertz CT molecular complexity index is 600. The van der Waals surface area contributed by atoms with Crippen LogP contribution in [0.2, 0.25) is 10.0 Å². The van der Waals surface area contributed by atoms with Crippen LogP contribution in [0.3, 0.4) is 0 Å². The Hall–Kier alpha value is -1.45. The minimum absolute atomic E-state index is 0.270. The van der Waals surface area contributed by atoms with E-state index >= 15 is 0 Å². The van der Waals surface area contributed by atoms with E-state index in [0.717, 1.165) is 16.9 Å². The van der Waals surface area contributed by atoms with Crippen molar-refractivity contribution in [3.8, 4) is 17.0 Å². The summed E-state index contributed by atoms with van der Waals surface area (Å²) in [4.78, 5) is 4.23. The number of aromatic nitrogens is 1. The van der Waals surface area contributed by atoms with Crippen molar-refractivity contribution < 1.29 is 4.74 Å². The molecule has 2 aromatic rings.